The van der Waals surface area contributed by atoms with E-state index in [2.05, 4.69) is 5.32 Å². The molecule has 0 aliphatic rings. The average molecular weight is 280 g/mol. The van der Waals surface area contributed by atoms with E-state index in [-0.39, 0.29) is 12.5 Å². The van der Waals surface area contributed by atoms with Gasteiger partial charge in [0.1, 0.15) is 0 Å². The Morgan fingerprint density at radius 3 is 2.25 bits per heavy atom. The Hall–Kier alpha value is -2.08. The molecule has 1 rings (SSSR count). The van der Waals surface area contributed by atoms with Gasteiger partial charge in [-0.2, -0.15) is 0 Å². The van der Waals surface area contributed by atoms with Crippen LogP contribution in [0.4, 0.5) is 5.69 Å². The van der Waals surface area contributed by atoms with Gasteiger partial charge in [0.05, 0.1) is 12.0 Å². The lowest BCUT2D eigenvalue weighted by Crippen LogP contribution is -2.42. The van der Waals surface area contributed by atoms with Crippen molar-refractivity contribution in [3.05, 3.63) is 29.8 Å². The van der Waals surface area contributed by atoms with E-state index in [0.717, 1.165) is 5.69 Å². The first kappa shape index (κ1) is 16.0. The molecule has 1 unspecified atom stereocenters. The maximum absolute atomic E-state index is 11.9. The molecule has 0 aliphatic heterocycles. The molecule has 110 valence electrons. The van der Waals surface area contributed by atoms with Crippen molar-refractivity contribution in [1.29, 1.82) is 0 Å². The average Bonchev–Trinajstić information content (AvgIpc) is 2.34. The molecule has 1 aromatic carbocycles. The molecule has 0 fully saturated rings. The lowest BCUT2D eigenvalue weighted by Gasteiger charge is -2.21. The van der Waals surface area contributed by atoms with Gasteiger partial charge >= 0.3 is 5.97 Å². The number of benzene rings is 1. The molecule has 0 bridgehead atoms. The number of hydrogen-bond acceptors (Lipinski definition) is 4. The molecule has 0 aromatic heterocycles. The quantitative estimate of drug-likeness (QED) is 0.714. The summed E-state index contributed by atoms with van der Waals surface area (Å²) in [6.07, 6.45) is -0.424. The summed E-state index contributed by atoms with van der Waals surface area (Å²) in [7, 11) is 3.80. The summed E-state index contributed by atoms with van der Waals surface area (Å²) in [4.78, 5) is 24.3. The monoisotopic (exact) mass is 280 g/mol. The largest absolute Gasteiger partial charge is 0.481 e. The van der Waals surface area contributed by atoms with E-state index in [1.807, 2.05) is 31.1 Å². The van der Waals surface area contributed by atoms with Gasteiger partial charge in [0.2, 0.25) is 0 Å². The topological polar surface area (TPSA) is 89.9 Å². The number of carboxylic acids is 1. The van der Waals surface area contributed by atoms with Gasteiger partial charge < -0.3 is 20.4 Å². The van der Waals surface area contributed by atoms with Crippen LogP contribution in [0.15, 0.2) is 24.3 Å². The smallest absolute Gasteiger partial charge is 0.306 e. The Labute approximate surface area is 118 Å². The van der Waals surface area contributed by atoms with E-state index in [0.29, 0.717) is 5.56 Å². The highest BCUT2D eigenvalue weighted by atomic mass is 16.4. The molecule has 0 heterocycles. The number of amides is 1. The second-order valence-corrected chi connectivity index (χ2v) is 5.19. The summed E-state index contributed by atoms with van der Waals surface area (Å²) >= 11 is 0. The Kier molecular flexibility index (Phi) is 5.10. The summed E-state index contributed by atoms with van der Waals surface area (Å²) in [5.41, 5.74) is -0.0356. The van der Waals surface area contributed by atoms with Crippen LogP contribution in [0.3, 0.4) is 0 Å². The minimum atomic E-state index is -1.47. The normalized spacial score (nSPS) is 13.4. The van der Waals surface area contributed by atoms with Gasteiger partial charge in [-0.1, -0.05) is 0 Å². The predicted octanol–water partition coefficient (Wildman–Crippen LogP) is 0.708. The predicted molar refractivity (Wildman–Crippen MR) is 76.0 cm³/mol. The van der Waals surface area contributed by atoms with Crippen LogP contribution in [-0.2, 0) is 4.79 Å². The maximum Gasteiger partial charge on any atom is 0.306 e. The molecule has 0 saturated carbocycles. The third kappa shape index (κ3) is 4.89. The summed E-state index contributed by atoms with van der Waals surface area (Å²) in [5, 5.41) is 21.0. The summed E-state index contributed by atoms with van der Waals surface area (Å²) in [5.74, 6) is -1.46. The molecule has 0 saturated heterocycles. The molecular weight excluding hydrogens is 260 g/mol. The van der Waals surface area contributed by atoms with Crippen molar-refractivity contribution in [2.75, 3.05) is 25.5 Å². The van der Waals surface area contributed by atoms with Crippen LogP contribution in [0, 0.1) is 0 Å². The van der Waals surface area contributed by atoms with Crippen molar-refractivity contribution in [2.45, 2.75) is 18.9 Å². The molecule has 0 aliphatic carbocycles. The van der Waals surface area contributed by atoms with Crippen LogP contribution in [-0.4, -0.2) is 48.3 Å². The number of carbonyl (C=O) groups is 2. The van der Waals surface area contributed by atoms with Gasteiger partial charge in [-0.3, -0.25) is 9.59 Å². The highest BCUT2D eigenvalue weighted by Crippen LogP contribution is 2.13. The molecule has 3 N–H and O–H groups in total. The third-order valence-electron chi connectivity index (χ3n) is 2.81. The van der Waals surface area contributed by atoms with Crippen LogP contribution >= 0.6 is 0 Å². The fraction of sp³-hybridized carbons (Fsp3) is 0.429. The van der Waals surface area contributed by atoms with Crippen molar-refractivity contribution in [3.63, 3.8) is 0 Å². The highest BCUT2D eigenvalue weighted by Gasteiger charge is 2.24. The molecular formula is C14H20N2O4. The molecule has 1 aromatic rings. The van der Waals surface area contributed by atoms with E-state index in [4.69, 9.17) is 5.11 Å². The molecule has 20 heavy (non-hydrogen) atoms. The second-order valence-electron chi connectivity index (χ2n) is 5.19. The number of rotatable bonds is 6. The van der Waals surface area contributed by atoms with Gasteiger partial charge in [-0.25, -0.2) is 0 Å². The molecule has 1 atom stereocenters. The van der Waals surface area contributed by atoms with E-state index in [1.54, 1.807) is 12.1 Å². The van der Waals surface area contributed by atoms with Crippen LogP contribution in [0.2, 0.25) is 0 Å². The minimum Gasteiger partial charge on any atom is -0.481 e. The second kappa shape index (κ2) is 6.38. The van der Waals surface area contributed by atoms with Crippen LogP contribution in [0.25, 0.3) is 0 Å². The molecule has 1 amide bonds. The van der Waals surface area contributed by atoms with E-state index in [9.17, 15) is 14.7 Å². The fourth-order valence-corrected chi connectivity index (χ4v) is 1.67. The van der Waals surface area contributed by atoms with Crippen molar-refractivity contribution >= 4 is 17.6 Å². The third-order valence-corrected chi connectivity index (χ3v) is 2.81. The van der Waals surface area contributed by atoms with Crippen LogP contribution < -0.4 is 10.2 Å². The van der Waals surface area contributed by atoms with Gasteiger partial charge in [0, 0.05) is 31.9 Å². The first-order chi connectivity index (χ1) is 9.21. The van der Waals surface area contributed by atoms with Gasteiger partial charge in [0.25, 0.3) is 5.91 Å². The van der Waals surface area contributed by atoms with E-state index < -0.39 is 18.0 Å². The Balaban J connectivity index is 2.61. The number of carbonyl (C=O) groups excluding carboxylic acids is 1. The number of hydrogen-bond donors (Lipinski definition) is 3. The Morgan fingerprint density at radius 2 is 1.80 bits per heavy atom. The zero-order chi connectivity index (χ0) is 15.3. The highest BCUT2D eigenvalue weighted by molar-refractivity contribution is 5.94. The summed E-state index contributed by atoms with van der Waals surface area (Å²) in [6.45, 7) is 1.25. The zero-order valence-corrected chi connectivity index (χ0v) is 11.9. The van der Waals surface area contributed by atoms with Crippen molar-refractivity contribution in [1.82, 2.24) is 5.32 Å². The Morgan fingerprint density at radius 1 is 1.25 bits per heavy atom. The molecule has 6 nitrogen and oxygen atoms in total. The van der Waals surface area contributed by atoms with Gasteiger partial charge in [0.15, 0.2) is 0 Å². The Bertz CT molecular complexity index is 480. The number of aliphatic hydroxyl groups is 1. The van der Waals surface area contributed by atoms with E-state index >= 15 is 0 Å². The minimum absolute atomic E-state index is 0.117. The van der Waals surface area contributed by atoms with Crippen LogP contribution in [0.1, 0.15) is 23.7 Å². The van der Waals surface area contributed by atoms with Gasteiger partial charge in [-0.05, 0) is 31.2 Å². The van der Waals surface area contributed by atoms with Gasteiger partial charge in [-0.15, -0.1) is 0 Å². The number of aliphatic carboxylic acids is 1. The van der Waals surface area contributed by atoms with E-state index in [1.165, 1.54) is 6.92 Å². The number of carboxylic acid groups (broad SMARTS) is 1. The van der Waals surface area contributed by atoms with Crippen molar-refractivity contribution in [2.24, 2.45) is 0 Å². The lowest BCUT2D eigenvalue weighted by atomic mass is 10.0. The number of nitrogens with one attached hydrogen (secondary N) is 1. The first-order valence-corrected chi connectivity index (χ1v) is 6.21. The standard InChI is InChI=1S/C14H20N2O4/c1-14(20,8-12(17)18)9-15-13(19)10-4-6-11(7-5-10)16(2)3/h4-7,20H,8-9H2,1-3H3,(H,15,19)(H,17,18). The first-order valence-electron chi connectivity index (χ1n) is 6.21. The summed E-state index contributed by atoms with van der Waals surface area (Å²) < 4.78 is 0. The number of anilines is 1. The molecule has 6 heteroatoms. The maximum atomic E-state index is 11.9. The SMILES string of the molecule is CN(C)c1ccc(C(=O)NCC(C)(O)CC(=O)O)cc1. The summed E-state index contributed by atoms with van der Waals surface area (Å²) in [6, 6.07) is 6.97. The van der Waals surface area contributed by atoms with Crippen LogP contribution in [0.5, 0.6) is 0 Å². The lowest BCUT2D eigenvalue weighted by molar-refractivity contribution is -0.141. The van der Waals surface area contributed by atoms with Crippen molar-refractivity contribution in [3.8, 4) is 0 Å². The zero-order valence-electron chi connectivity index (χ0n) is 11.9. The molecule has 0 spiro atoms. The fourth-order valence-electron chi connectivity index (χ4n) is 1.67. The molecule has 0 radical (unpaired) electrons. The van der Waals surface area contributed by atoms with Crippen molar-refractivity contribution < 1.29 is 19.8 Å². The number of nitrogens with zero attached hydrogens (tertiary/aromatic N) is 1.